The molecule has 1 rings (SSSR count). The second-order valence-electron chi connectivity index (χ2n) is 4.70. The molecule has 0 amide bonds. The Hall–Kier alpha value is -0.700. The van der Waals surface area contributed by atoms with Gasteiger partial charge in [-0.2, -0.15) is 0 Å². The maximum Gasteiger partial charge on any atom is 0.305 e. The third kappa shape index (κ3) is 7.78. The van der Waals surface area contributed by atoms with Crippen LogP contribution in [-0.4, -0.2) is 71.5 Å². The van der Waals surface area contributed by atoms with Crippen LogP contribution < -0.4 is 4.72 Å². The summed E-state index contributed by atoms with van der Waals surface area (Å²) >= 11 is 0. The number of nitrogens with one attached hydrogen (secondary N) is 1. The van der Waals surface area contributed by atoms with E-state index in [2.05, 4.69) is 14.4 Å². The first-order chi connectivity index (χ1) is 9.53. The van der Waals surface area contributed by atoms with E-state index in [1.807, 2.05) is 0 Å². The van der Waals surface area contributed by atoms with Crippen LogP contribution in [0, 0.1) is 0 Å². The Bertz CT molecular complexity index is 379. The predicted molar refractivity (Wildman–Crippen MR) is 74.9 cm³/mol. The molecule has 20 heavy (non-hydrogen) atoms. The molecule has 0 saturated carbocycles. The minimum absolute atomic E-state index is 0.0420. The van der Waals surface area contributed by atoms with Crippen LogP contribution in [-0.2, 0) is 24.3 Å². The molecule has 118 valence electrons. The lowest BCUT2D eigenvalue weighted by molar-refractivity contribution is -0.140. The van der Waals surface area contributed by atoms with E-state index in [9.17, 15) is 13.2 Å². The van der Waals surface area contributed by atoms with Crippen molar-refractivity contribution in [2.75, 3.05) is 52.3 Å². The third-order valence-corrected chi connectivity index (χ3v) is 4.57. The summed E-state index contributed by atoms with van der Waals surface area (Å²) in [6, 6.07) is 0. The van der Waals surface area contributed by atoms with Crippen molar-refractivity contribution in [2.45, 2.75) is 19.3 Å². The molecule has 1 aliphatic heterocycles. The van der Waals surface area contributed by atoms with Crippen LogP contribution in [0.3, 0.4) is 0 Å². The van der Waals surface area contributed by atoms with Crippen molar-refractivity contribution < 1.29 is 22.7 Å². The molecule has 0 aromatic carbocycles. The molecule has 0 unspecified atom stereocenters. The van der Waals surface area contributed by atoms with E-state index < -0.39 is 10.0 Å². The van der Waals surface area contributed by atoms with Gasteiger partial charge in [0, 0.05) is 26.1 Å². The summed E-state index contributed by atoms with van der Waals surface area (Å²) in [7, 11) is -2.00. The zero-order valence-electron chi connectivity index (χ0n) is 12.0. The van der Waals surface area contributed by atoms with Crippen molar-refractivity contribution in [2.24, 2.45) is 0 Å². The minimum Gasteiger partial charge on any atom is -0.469 e. The molecule has 8 heteroatoms. The van der Waals surface area contributed by atoms with Gasteiger partial charge >= 0.3 is 5.97 Å². The highest BCUT2D eigenvalue weighted by molar-refractivity contribution is 7.89. The van der Waals surface area contributed by atoms with Crippen LogP contribution in [0.2, 0.25) is 0 Å². The molecule has 0 aromatic rings. The van der Waals surface area contributed by atoms with Gasteiger partial charge in [0.05, 0.1) is 26.1 Å². The van der Waals surface area contributed by atoms with Gasteiger partial charge in [-0.1, -0.05) is 0 Å². The smallest absolute Gasteiger partial charge is 0.305 e. The van der Waals surface area contributed by atoms with E-state index in [1.54, 1.807) is 0 Å². The molecular formula is C12H24N2O5S. The Morgan fingerprint density at radius 3 is 2.65 bits per heavy atom. The minimum atomic E-state index is -3.29. The average Bonchev–Trinajstić information content (AvgIpc) is 2.44. The van der Waals surface area contributed by atoms with Crippen molar-refractivity contribution in [1.29, 1.82) is 0 Å². The first-order valence-corrected chi connectivity index (χ1v) is 8.53. The van der Waals surface area contributed by atoms with Gasteiger partial charge < -0.3 is 9.47 Å². The maximum absolute atomic E-state index is 11.7. The van der Waals surface area contributed by atoms with Gasteiger partial charge in [-0.15, -0.1) is 0 Å². The Labute approximate surface area is 120 Å². The molecule has 1 fully saturated rings. The van der Waals surface area contributed by atoms with Gasteiger partial charge in [0.1, 0.15) is 0 Å². The molecular weight excluding hydrogens is 284 g/mol. The summed E-state index contributed by atoms with van der Waals surface area (Å²) in [4.78, 5) is 13.1. The molecule has 0 aliphatic carbocycles. The summed E-state index contributed by atoms with van der Waals surface area (Å²) in [5, 5.41) is 0. The molecule has 7 nitrogen and oxygen atoms in total. The quantitative estimate of drug-likeness (QED) is 0.460. The van der Waals surface area contributed by atoms with E-state index in [0.717, 1.165) is 39.3 Å². The van der Waals surface area contributed by atoms with Crippen LogP contribution in [0.5, 0.6) is 0 Å². The summed E-state index contributed by atoms with van der Waals surface area (Å²) in [5.41, 5.74) is 0. The number of nitrogens with zero attached hydrogens (tertiary/aromatic N) is 1. The first kappa shape index (κ1) is 17.4. The zero-order valence-corrected chi connectivity index (χ0v) is 12.8. The maximum atomic E-state index is 11.7. The highest BCUT2D eigenvalue weighted by Gasteiger charge is 2.12. The third-order valence-electron chi connectivity index (χ3n) is 3.10. The summed E-state index contributed by atoms with van der Waals surface area (Å²) in [5.74, 6) is -0.424. The molecule has 0 radical (unpaired) electrons. The normalized spacial score (nSPS) is 17.1. The number of rotatable bonds is 9. The number of carbonyl (C=O) groups excluding carboxylic acids is 1. The van der Waals surface area contributed by atoms with Crippen molar-refractivity contribution in [3.05, 3.63) is 0 Å². The second-order valence-corrected chi connectivity index (χ2v) is 6.63. The van der Waals surface area contributed by atoms with E-state index in [0.29, 0.717) is 6.54 Å². The monoisotopic (exact) mass is 308 g/mol. The lowest BCUT2D eigenvalue weighted by atomic mass is 10.3. The highest BCUT2D eigenvalue weighted by atomic mass is 32.2. The number of ether oxygens (including phenoxy) is 2. The summed E-state index contributed by atoms with van der Waals surface area (Å²) < 4.78 is 35.6. The second kappa shape index (κ2) is 9.28. The lowest BCUT2D eigenvalue weighted by Crippen LogP contribution is -2.38. The predicted octanol–water partition coefficient (Wildman–Crippen LogP) is -0.419. The van der Waals surface area contributed by atoms with E-state index in [-0.39, 0.29) is 24.6 Å². The van der Waals surface area contributed by atoms with Gasteiger partial charge in [0.25, 0.3) is 0 Å². The van der Waals surface area contributed by atoms with Crippen LogP contribution in [0.1, 0.15) is 19.3 Å². The summed E-state index contributed by atoms with van der Waals surface area (Å²) in [6.45, 7) is 4.61. The van der Waals surface area contributed by atoms with E-state index in [4.69, 9.17) is 4.74 Å². The fourth-order valence-corrected chi connectivity index (χ4v) is 3.06. The highest BCUT2D eigenvalue weighted by Crippen LogP contribution is 1.99. The van der Waals surface area contributed by atoms with Gasteiger partial charge in [-0.3, -0.25) is 9.69 Å². The topological polar surface area (TPSA) is 84.9 Å². The number of hydrogen-bond acceptors (Lipinski definition) is 6. The SMILES string of the molecule is COC(=O)CCCS(=O)(=O)NCCCN1CCOCC1. The Balaban J connectivity index is 2.08. The molecule has 1 N–H and O–H groups in total. The van der Waals surface area contributed by atoms with Crippen molar-refractivity contribution >= 4 is 16.0 Å². The average molecular weight is 308 g/mol. The fourth-order valence-electron chi connectivity index (χ4n) is 1.94. The van der Waals surface area contributed by atoms with Gasteiger partial charge in [0.2, 0.25) is 10.0 Å². The molecule has 0 aromatic heterocycles. The van der Waals surface area contributed by atoms with Gasteiger partial charge in [-0.05, 0) is 19.4 Å². The van der Waals surface area contributed by atoms with Gasteiger partial charge in [-0.25, -0.2) is 13.1 Å². The van der Waals surface area contributed by atoms with Crippen LogP contribution in [0.15, 0.2) is 0 Å². The van der Waals surface area contributed by atoms with E-state index in [1.165, 1.54) is 7.11 Å². The standard InChI is InChI=1S/C12H24N2O5S/c1-18-12(15)4-2-11-20(16,17)13-5-3-6-14-7-9-19-10-8-14/h13H,2-11H2,1H3. The number of methoxy groups -OCH3 is 1. The Morgan fingerprint density at radius 1 is 1.30 bits per heavy atom. The van der Waals surface area contributed by atoms with Crippen LogP contribution in [0.4, 0.5) is 0 Å². The number of morpholine rings is 1. The van der Waals surface area contributed by atoms with Crippen molar-refractivity contribution in [1.82, 2.24) is 9.62 Å². The first-order valence-electron chi connectivity index (χ1n) is 6.88. The Morgan fingerprint density at radius 2 is 2.00 bits per heavy atom. The summed E-state index contributed by atoms with van der Waals surface area (Å²) in [6.07, 6.45) is 1.19. The lowest BCUT2D eigenvalue weighted by Gasteiger charge is -2.26. The molecule has 0 atom stereocenters. The van der Waals surface area contributed by atoms with Crippen LogP contribution in [0.25, 0.3) is 0 Å². The number of hydrogen-bond donors (Lipinski definition) is 1. The number of carbonyl (C=O) groups is 1. The van der Waals surface area contributed by atoms with Crippen molar-refractivity contribution in [3.8, 4) is 0 Å². The fraction of sp³-hybridized carbons (Fsp3) is 0.917. The number of sulfonamides is 1. The largest absolute Gasteiger partial charge is 0.469 e. The molecule has 0 bridgehead atoms. The molecule has 1 aliphatic rings. The van der Waals surface area contributed by atoms with E-state index >= 15 is 0 Å². The zero-order chi connectivity index (χ0) is 14.8. The molecule has 0 spiro atoms. The molecule has 1 heterocycles. The van der Waals surface area contributed by atoms with Crippen molar-refractivity contribution in [3.63, 3.8) is 0 Å². The van der Waals surface area contributed by atoms with Gasteiger partial charge in [0.15, 0.2) is 0 Å². The molecule has 1 saturated heterocycles. The Kier molecular flexibility index (Phi) is 8.05. The number of esters is 1. The van der Waals surface area contributed by atoms with Crippen LogP contribution >= 0.6 is 0 Å².